The summed E-state index contributed by atoms with van der Waals surface area (Å²) >= 11 is 1.53. The number of aromatic nitrogens is 4. The molecule has 0 spiro atoms. The number of nitrogens with one attached hydrogen (secondary N) is 1. The standard InChI is InChI=1S/C17H21N5O3S/c1-10-5-12-16(25)18-15(19-17(12)26-10)8-21-3-2-4-22-11(7-21)6-13(20-22)14(24)9-23/h5-6,14,23-24H,2-4,7-9H2,1H3,(H,18,19,25). The first-order valence-corrected chi connectivity index (χ1v) is 9.42. The Morgan fingerprint density at radius 2 is 2.23 bits per heavy atom. The Balaban J connectivity index is 1.57. The lowest BCUT2D eigenvalue weighted by Gasteiger charge is -2.18. The molecule has 1 unspecified atom stereocenters. The minimum Gasteiger partial charge on any atom is -0.393 e. The van der Waals surface area contributed by atoms with Gasteiger partial charge in [-0.1, -0.05) is 0 Å². The lowest BCUT2D eigenvalue weighted by molar-refractivity contribution is 0.0916. The summed E-state index contributed by atoms with van der Waals surface area (Å²) in [5, 5.41) is 23.9. The van der Waals surface area contributed by atoms with E-state index >= 15 is 0 Å². The van der Waals surface area contributed by atoms with Crippen LogP contribution in [-0.4, -0.2) is 48.0 Å². The third-order valence-corrected chi connectivity index (χ3v) is 5.52. The van der Waals surface area contributed by atoms with Crippen molar-refractivity contribution in [3.05, 3.63) is 44.6 Å². The maximum Gasteiger partial charge on any atom is 0.259 e. The number of aliphatic hydroxyl groups is 2. The molecule has 0 bridgehead atoms. The van der Waals surface area contributed by atoms with Crippen LogP contribution >= 0.6 is 11.3 Å². The van der Waals surface area contributed by atoms with Crippen molar-refractivity contribution in [3.8, 4) is 0 Å². The van der Waals surface area contributed by atoms with Gasteiger partial charge in [-0.25, -0.2) is 4.98 Å². The summed E-state index contributed by atoms with van der Waals surface area (Å²) in [6, 6.07) is 3.70. The SMILES string of the molecule is Cc1cc2c(=O)[nH]c(CN3CCCn4nc(C(O)CO)cc4C3)nc2s1. The molecule has 1 aliphatic heterocycles. The second kappa shape index (κ2) is 6.92. The van der Waals surface area contributed by atoms with Crippen molar-refractivity contribution in [2.75, 3.05) is 13.2 Å². The Morgan fingerprint density at radius 3 is 3.04 bits per heavy atom. The third kappa shape index (κ3) is 3.30. The Labute approximate surface area is 153 Å². The van der Waals surface area contributed by atoms with Crippen molar-refractivity contribution in [2.45, 2.75) is 39.1 Å². The minimum atomic E-state index is -0.953. The zero-order valence-corrected chi connectivity index (χ0v) is 15.3. The van der Waals surface area contributed by atoms with Gasteiger partial charge in [0.25, 0.3) is 5.56 Å². The first-order valence-electron chi connectivity index (χ1n) is 8.60. The average molecular weight is 375 g/mol. The molecule has 138 valence electrons. The summed E-state index contributed by atoms with van der Waals surface area (Å²) < 4.78 is 1.89. The lowest BCUT2D eigenvalue weighted by atomic mass is 10.2. The molecule has 0 aromatic carbocycles. The first kappa shape index (κ1) is 17.3. The van der Waals surface area contributed by atoms with Crippen molar-refractivity contribution in [2.24, 2.45) is 0 Å². The molecule has 9 heteroatoms. The molecule has 4 heterocycles. The number of thiophene rings is 1. The van der Waals surface area contributed by atoms with Gasteiger partial charge < -0.3 is 15.2 Å². The highest BCUT2D eigenvalue weighted by Gasteiger charge is 2.20. The van der Waals surface area contributed by atoms with Crippen molar-refractivity contribution in [1.29, 1.82) is 0 Å². The van der Waals surface area contributed by atoms with Crippen LogP contribution in [0.15, 0.2) is 16.9 Å². The molecule has 4 rings (SSSR count). The monoisotopic (exact) mass is 375 g/mol. The molecule has 1 aliphatic rings. The second-order valence-corrected chi connectivity index (χ2v) is 7.87. The molecule has 0 aliphatic carbocycles. The summed E-state index contributed by atoms with van der Waals surface area (Å²) in [5.41, 5.74) is 1.38. The van der Waals surface area contributed by atoms with Crippen molar-refractivity contribution >= 4 is 21.6 Å². The normalized spacial score (nSPS) is 16.6. The van der Waals surface area contributed by atoms with Gasteiger partial charge in [0.2, 0.25) is 0 Å². The Hall–Kier alpha value is -2.07. The fraction of sp³-hybridized carbons (Fsp3) is 0.471. The summed E-state index contributed by atoms with van der Waals surface area (Å²) in [4.78, 5) is 23.8. The van der Waals surface area contributed by atoms with Crippen molar-refractivity contribution < 1.29 is 10.2 Å². The number of aryl methyl sites for hydroxylation is 2. The van der Waals surface area contributed by atoms with E-state index in [1.54, 1.807) is 0 Å². The topological polar surface area (TPSA) is 107 Å². The van der Waals surface area contributed by atoms with E-state index in [2.05, 4.69) is 20.0 Å². The first-order chi connectivity index (χ1) is 12.5. The zero-order valence-electron chi connectivity index (χ0n) is 14.5. The number of aliphatic hydroxyl groups excluding tert-OH is 2. The third-order valence-electron chi connectivity index (χ3n) is 4.57. The fourth-order valence-corrected chi connectivity index (χ4v) is 4.22. The molecule has 0 radical (unpaired) electrons. The molecule has 3 aromatic heterocycles. The maximum absolute atomic E-state index is 12.3. The number of nitrogens with zero attached hydrogens (tertiary/aromatic N) is 4. The smallest absolute Gasteiger partial charge is 0.259 e. The van der Waals surface area contributed by atoms with Crippen molar-refractivity contribution in [3.63, 3.8) is 0 Å². The Bertz CT molecular complexity index is 992. The van der Waals surface area contributed by atoms with Gasteiger partial charge in [-0.15, -0.1) is 11.3 Å². The van der Waals surface area contributed by atoms with Gasteiger partial charge in [0.1, 0.15) is 16.8 Å². The number of aromatic amines is 1. The minimum absolute atomic E-state index is 0.0948. The molecule has 1 atom stereocenters. The van der Waals surface area contributed by atoms with Crippen LogP contribution in [-0.2, 0) is 19.6 Å². The molecule has 0 fully saturated rings. The van der Waals surface area contributed by atoms with E-state index in [9.17, 15) is 9.90 Å². The van der Waals surface area contributed by atoms with E-state index in [0.717, 1.165) is 34.9 Å². The number of fused-ring (bicyclic) bond motifs is 2. The Kier molecular flexibility index (Phi) is 4.62. The van der Waals surface area contributed by atoms with Crippen LogP contribution in [0.4, 0.5) is 0 Å². The van der Waals surface area contributed by atoms with Crippen molar-refractivity contribution in [1.82, 2.24) is 24.6 Å². The Morgan fingerprint density at radius 1 is 1.38 bits per heavy atom. The van der Waals surface area contributed by atoms with Gasteiger partial charge in [-0.3, -0.25) is 14.4 Å². The van der Waals surface area contributed by atoms with Gasteiger partial charge >= 0.3 is 0 Å². The number of hydrogen-bond donors (Lipinski definition) is 3. The highest BCUT2D eigenvalue weighted by Crippen LogP contribution is 2.21. The maximum atomic E-state index is 12.3. The molecule has 26 heavy (non-hydrogen) atoms. The average Bonchev–Trinajstić information content (AvgIpc) is 3.12. The second-order valence-electron chi connectivity index (χ2n) is 6.63. The molecule has 3 N–H and O–H groups in total. The van der Waals surface area contributed by atoms with Crippen LogP contribution in [0.2, 0.25) is 0 Å². The summed E-state index contributed by atoms with van der Waals surface area (Å²) in [5.74, 6) is 0.660. The quantitative estimate of drug-likeness (QED) is 0.626. The summed E-state index contributed by atoms with van der Waals surface area (Å²) in [6.07, 6.45) is -0.0427. The van der Waals surface area contributed by atoms with E-state index in [-0.39, 0.29) is 12.2 Å². The fourth-order valence-electron chi connectivity index (χ4n) is 3.33. The zero-order chi connectivity index (χ0) is 18.3. The van der Waals surface area contributed by atoms with Gasteiger partial charge in [0, 0.05) is 24.5 Å². The highest BCUT2D eigenvalue weighted by atomic mass is 32.1. The van der Waals surface area contributed by atoms with Gasteiger partial charge in [-0.05, 0) is 25.5 Å². The van der Waals surface area contributed by atoms with Gasteiger partial charge in [0.15, 0.2) is 0 Å². The molecule has 3 aromatic rings. The van der Waals surface area contributed by atoms with Crippen LogP contribution in [0.25, 0.3) is 10.2 Å². The number of hydrogen-bond acceptors (Lipinski definition) is 7. The van der Waals surface area contributed by atoms with Crippen LogP contribution in [0, 0.1) is 6.92 Å². The van der Waals surface area contributed by atoms with Gasteiger partial charge in [0.05, 0.1) is 29.9 Å². The van der Waals surface area contributed by atoms with E-state index in [4.69, 9.17) is 5.11 Å². The molecule has 0 amide bonds. The molecule has 0 saturated carbocycles. The van der Waals surface area contributed by atoms with Crippen LogP contribution in [0.3, 0.4) is 0 Å². The molecule has 8 nitrogen and oxygen atoms in total. The highest BCUT2D eigenvalue weighted by molar-refractivity contribution is 7.18. The predicted molar refractivity (Wildman–Crippen MR) is 98.0 cm³/mol. The number of H-pyrrole nitrogens is 1. The predicted octanol–water partition coefficient (Wildman–Crippen LogP) is 0.921. The summed E-state index contributed by atoms with van der Waals surface area (Å²) in [7, 11) is 0. The van der Waals surface area contributed by atoms with Crippen LogP contribution in [0.1, 0.15) is 34.6 Å². The van der Waals surface area contributed by atoms with Crippen LogP contribution < -0.4 is 5.56 Å². The summed E-state index contributed by atoms with van der Waals surface area (Å²) in [6.45, 7) is 4.45. The van der Waals surface area contributed by atoms with E-state index < -0.39 is 6.10 Å². The van der Waals surface area contributed by atoms with E-state index in [1.807, 2.05) is 23.7 Å². The number of rotatable bonds is 4. The van der Waals surface area contributed by atoms with Gasteiger partial charge in [-0.2, -0.15) is 5.10 Å². The van der Waals surface area contributed by atoms with E-state index in [0.29, 0.717) is 30.0 Å². The largest absolute Gasteiger partial charge is 0.393 e. The molecular formula is C17H21N5O3S. The lowest BCUT2D eigenvalue weighted by Crippen LogP contribution is -2.25. The molecular weight excluding hydrogens is 354 g/mol. The van der Waals surface area contributed by atoms with E-state index in [1.165, 1.54) is 11.3 Å². The van der Waals surface area contributed by atoms with Crippen LogP contribution in [0.5, 0.6) is 0 Å². The molecule has 0 saturated heterocycles.